The van der Waals surface area contributed by atoms with Gasteiger partial charge < -0.3 is 9.73 Å². The number of rotatable bonds is 3. The summed E-state index contributed by atoms with van der Waals surface area (Å²) in [5.74, 6) is 0.878. The highest BCUT2D eigenvalue weighted by molar-refractivity contribution is 5.75. The van der Waals surface area contributed by atoms with Crippen molar-refractivity contribution in [1.82, 2.24) is 10.3 Å². The fourth-order valence-electron chi connectivity index (χ4n) is 2.54. The summed E-state index contributed by atoms with van der Waals surface area (Å²) in [6.07, 6.45) is 4.66. The molecule has 1 aromatic carbocycles. The van der Waals surface area contributed by atoms with Crippen molar-refractivity contribution >= 4 is 11.1 Å². The van der Waals surface area contributed by atoms with Gasteiger partial charge in [-0.15, -0.1) is 0 Å². The van der Waals surface area contributed by atoms with E-state index in [1.165, 1.54) is 18.4 Å². The minimum atomic E-state index is 0.658. The van der Waals surface area contributed by atoms with E-state index in [-0.39, 0.29) is 0 Å². The number of aromatic nitrogens is 1. The summed E-state index contributed by atoms with van der Waals surface area (Å²) in [5, 5.41) is 3.50. The zero-order valence-electron chi connectivity index (χ0n) is 10.2. The van der Waals surface area contributed by atoms with Gasteiger partial charge in [0.15, 0.2) is 11.5 Å². The van der Waals surface area contributed by atoms with Crippen LogP contribution in [0.3, 0.4) is 0 Å². The summed E-state index contributed by atoms with van der Waals surface area (Å²) in [6.45, 7) is 3.23. The largest absolute Gasteiger partial charge is 0.440 e. The van der Waals surface area contributed by atoms with Crippen LogP contribution in [-0.4, -0.2) is 17.6 Å². The van der Waals surface area contributed by atoms with Gasteiger partial charge in [-0.2, -0.15) is 0 Å². The number of para-hydroxylation sites is 1. The molecule has 0 amide bonds. The van der Waals surface area contributed by atoms with E-state index in [0.717, 1.165) is 36.4 Å². The fourth-order valence-corrected chi connectivity index (χ4v) is 2.54. The maximum atomic E-state index is 5.82. The number of aryl methyl sites for hydroxylation is 2. The van der Waals surface area contributed by atoms with Crippen molar-refractivity contribution in [3.63, 3.8) is 0 Å². The van der Waals surface area contributed by atoms with E-state index in [1.54, 1.807) is 0 Å². The molecule has 1 aliphatic heterocycles. The molecule has 1 fully saturated rings. The second kappa shape index (κ2) is 4.49. The van der Waals surface area contributed by atoms with E-state index in [9.17, 15) is 0 Å². The van der Waals surface area contributed by atoms with Gasteiger partial charge in [0.25, 0.3) is 0 Å². The number of hydrogen-bond acceptors (Lipinski definition) is 3. The monoisotopic (exact) mass is 230 g/mol. The molecule has 1 aromatic heterocycles. The van der Waals surface area contributed by atoms with Crippen LogP contribution in [0.5, 0.6) is 0 Å². The summed E-state index contributed by atoms with van der Waals surface area (Å²) in [4.78, 5) is 4.54. The van der Waals surface area contributed by atoms with Gasteiger partial charge in [0.05, 0.1) is 0 Å². The number of nitrogens with zero attached hydrogens (tertiary/aromatic N) is 1. The van der Waals surface area contributed by atoms with Crippen LogP contribution in [0.1, 0.15) is 30.7 Å². The molecule has 1 aliphatic rings. The first-order chi connectivity index (χ1) is 8.33. The van der Waals surface area contributed by atoms with Gasteiger partial charge in [-0.1, -0.05) is 12.1 Å². The smallest absolute Gasteiger partial charge is 0.195 e. The van der Waals surface area contributed by atoms with Gasteiger partial charge in [0.2, 0.25) is 0 Å². The van der Waals surface area contributed by atoms with Crippen LogP contribution in [0.2, 0.25) is 0 Å². The average Bonchev–Trinajstić information content (AvgIpc) is 2.95. The zero-order chi connectivity index (χ0) is 11.7. The first-order valence-electron chi connectivity index (χ1n) is 6.41. The molecule has 3 heteroatoms. The van der Waals surface area contributed by atoms with Gasteiger partial charge in [0.1, 0.15) is 5.52 Å². The van der Waals surface area contributed by atoms with Crippen molar-refractivity contribution in [3.05, 3.63) is 29.7 Å². The molecule has 0 bridgehead atoms. The van der Waals surface area contributed by atoms with Crippen molar-refractivity contribution in [2.24, 2.45) is 0 Å². The molecule has 0 spiro atoms. The molecule has 0 radical (unpaired) electrons. The zero-order valence-corrected chi connectivity index (χ0v) is 10.2. The topological polar surface area (TPSA) is 38.1 Å². The molecule has 1 saturated heterocycles. The highest BCUT2D eigenvalue weighted by atomic mass is 16.3. The van der Waals surface area contributed by atoms with Crippen LogP contribution in [0.25, 0.3) is 11.1 Å². The Balaban J connectivity index is 1.74. The second-order valence-electron chi connectivity index (χ2n) is 4.86. The van der Waals surface area contributed by atoms with Crippen molar-refractivity contribution in [1.29, 1.82) is 0 Å². The lowest BCUT2D eigenvalue weighted by molar-refractivity contribution is 0.480. The van der Waals surface area contributed by atoms with E-state index in [2.05, 4.69) is 23.3 Å². The molecule has 0 saturated carbocycles. The first-order valence-corrected chi connectivity index (χ1v) is 6.41. The van der Waals surface area contributed by atoms with E-state index < -0.39 is 0 Å². The third-order valence-corrected chi connectivity index (χ3v) is 3.53. The van der Waals surface area contributed by atoms with Crippen molar-refractivity contribution in [2.45, 2.75) is 38.6 Å². The number of hydrogen-bond donors (Lipinski definition) is 1. The standard InChI is InChI=1S/C14H18N2O/c1-10-4-2-6-12-14(10)17-13(16-12)8-7-11-5-3-9-15-11/h2,4,6,11,15H,3,5,7-9H2,1H3. The summed E-state index contributed by atoms with van der Waals surface area (Å²) in [7, 11) is 0. The number of benzene rings is 1. The van der Waals surface area contributed by atoms with Crippen molar-refractivity contribution in [2.75, 3.05) is 6.54 Å². The maximum absolute atomic E-state index is 5.82. The van der Waals surface area contributed by atoms with Gasteiger partial charge in [0, 0.05) is 12.5 Å². The summed E-state index contributed by atoms with van der Waals surface area (Å²) in [6, 6.07) is 6.77. The minimum absolute atomic E-state index is 0.658. The fraction of sp³-hybridized carbons (Fsp3) is 0.500. The molecule has 17 heavy (non-hydrogen) atoms. The molecule has 2 aromatic rings. The Bertz CT molecular complexity index is 512. The third kappa shape index (κ3) is 2.20. The Morgan fingerprint density at radius 3 is 3.18 bits per heavy atom. The minimum Gasteiger partial charge on any atom is -0.440 e. The van der Waals surface area contributed by atoms with Crippen LogP contribution >= 0.6 is 0 Å². The van der Waals surface area contributed by atoms with E-state index >= 15 is 0 Å². The third-order valence-electron chi connectivity index (χ3n) is 3.53. The number of nitrogens with one attached hydrogen (secondary N) is 1. The first kappa shape index (κ1) is 10.8. The molecular formula is C14H18N2O. The number of oxazole rings is 1. The summed E-state index contributed by atoms with van der Waals surface area (Å²) < 4.78 is 5.82. The Morgan fingerprint density at radius 1 is 1.47 bits per heavy atom. The van der Waals surface area contributed by atoms with E-state index in [4.69, 9.17) is 4.42 Å². The van der Waals surface area contributed by atoms with Gasteiger partial charge in [-0.05, 0) is 44.4 Å². The molecular weight excluding hydrogens is 212 g/mol. The normalized spacial score (nSPS) is 20.2. The Labute approximate surface area is 101 Å². The van der Waals surface area contributed by atoms with Crippen LogP contribution < -0.4 is 5.32 Å². The lowest BCUT2D eigenvalue weighted by Gasteiger charge is -2.06. The molecule has 2 heterocycles. The molecule has 1 atom stereocenters. The SMILES string of the molecule is Cc1cccc2nc(CCC3CCCN3)oc12. The Hall–Kier alpha value is -1.35. The van der Waals surface area contributed by atoms with Gasteiger partial charge >= 0.3 is 0 Å². The molecule has 90 valence electrons. The quantitative estimate of drug-likeness (QED) is 0.881. The van der Waals surface area contributed by atoms with E-state index in [1.807, 2.05) is 12.1 Å². The van der Waals surface area contributed by atoms with Gasteiger partial charge in [-0.25, -0.2) is 4.98 Å². The van der Waals surface area contributed by atoms with Crippen LogP contribution in [0, 0.1) is 6.92 Å². The van der Waals surface area contributed by atoms with Crippen molar-refractivity contribution in [3.8, 4) is 0 Å². The predicted octanol–water partition coefficient (Wildman–Crippen LogP) is 2.82. The lowest BCUT2D eigenvalue weighted by Crippen LogP contribution is -2.21. The van der Waals surface area contributed by atoms with Crippen LogP contribution in [-0.2, 0) is 6.42 Å². The second-order valence-corrected chi connectivity index (χ2v) is 4.86. The summed E-state index contributed by atoms with van der Waals surface area (Å²) in [5.41, 5.74) is 3.10. The number of fused-ring (bicyclic) bond motifs is 1. The predicted molar refractivity (Wildman–Crippen MR) is 68.1 cm³/mol. The molecule has 3 nitrogen and oxygen atoms in total. The highest BCUT2D eigenvalue weighted by Crippen LogP contribution is 2.21. The molecule has 1 unspecified atom stereocenters. The van der Waals surface area contributed by atoms with Crippen LogP contribution in [0.15, 0.2) is 22.6 Å². The maximum Gasteiger partial charge on any atom is 0.195 e. The van der Waals surface area contributed by atoms with Crippen molar-refractivity contribution < 1.29 is 4.42 Å². The van der Waals surface area contributed by atoms with E-state index in [0.29, 0.717) is 6.04 Å². The summed E-state index contributed by atoms with van der Waals surface area (Å²) >= 11 is 0. The molecule has 1 N–H and O–H groups in total. The average molecular weight is 230 g/mol. The Kier molecular flexibility index (Phi) is 2.85. The molecule has 3 rings (SSSR count). The van der Waals surface area contributed by atoms with Gasteiger partial charge in [-0.3, -0.25) is 0 Å². The Morgan fingerprint density at radius 2 is 2.41 bits per heavy atom. The molecule has 0 aliphatic carbocycles. The van der Waals surface area contributed by atoms with Crippen LogP contribution in [0.4, 0.5) is 0 Å². The lowest BCUT2D eigenvalue weighted by atomic mass is 10.1. The highest BCUT2D eigenvalue weighted by Gasteiger charge is 2.15.